The molecule has 0 saturated heterocycles. The van der Waals surface area contributed by atoms with Gasteiger partial charge in [-0.05, 0) is 54.2 Å². The molecule has 3 amide bonds. The molecule has 1 aromatic heterocycles. The Morgan fingerprint density at radius 2 is 1.97 bits per heavy atom. The number of aliphatic hydroxyl groups is 1. The highest BCUT2D eigenvalue weighted by Crippen LogP contribution is 2.38. The standard InChI is InChI=1S/C27H28N4O4S/c1-27(15-32)9-7-17-4-6-19(12-21(17)27)24(34)28-13-23(33)30-26-29-22(14-36-26)18-5-3-16-8-10-31(2)25(35)20(16)11-18/h3-6,11-12,14,32H,7-10,13,15H2,1-2H3,(H,28,34)(H,29,30,33)/t27-/m1/s1. The summed E-state index contributed by atoms with van der Waals surface area (Å²) in [6.45, 7) is 2.55. The third kappa shape index (κ3) is 4.52. The Kier molecular flexibility index (Phi) is 6.36. The summed E-state index contributed by atoms with van der Waals surface area (Å²) in [4.78, 5) is 43.8. The van der Waals surface area contributed by atoms with Crippen LogP contribution in [0.15, 0.2) is 41.8 Å². The fraction of sp³-hybridized carbons (Fsp3) is 0.333. The average molecular weight is 505 g/mol. The highest BCUT2D eigenvalue weighted by molar-refractivity contribution is 7.14. The summed E-state index contributed by atoms with van der Waals surface area (Å²) in [6, 6.07) is 11.3. The Labute approximate surface area is 213 Å². The first kappa shape index (κ1) is 24.1. The molecular weight excluding hydrogens is 476 g/mol. The Morgan fingerprint density at radius 1 is 1.17 bits per heavy atom. The monoisotopic (exact) mass is 504 g/mol. The lowest BCUT2D eigenvalue weighted by atomic mass is 9.84. The van der Waals surface area contributed by atoms with E-state index in [9.17, 15) is 19.5 Å². The summed E-state index contributed by atoms with van der Waals surface area (Å²) < 4.78 is 0. The molecule has 3 aromatic rings. The van der Waals surface area contributed by atoms with Gasteiger partial charge in [-0.15, -0.1) is 11.3 Å². The zero-order valence-corrected chi connectivity index (χ0v) is 21.1. The zero-order valence-electron chi connectivity index (χ0n) is 20.3. The third-order valence-corrected chi connectivity index (χ3v) is 7.93. The molecule has 8 nitrogen and oxygen atoms in total. The van der Waals surface area contributed by atoms with Gasteiger partial charge in [0.1, 0.15) is 0 Å². The molecule has 36 heavy (non-hydrogen) atoms. The maximum atomic E-state index is 12.7. The number of benzene rings is 2. The minimum atomic E-state index is -0.382. The lowest BCUT2D eigenvalue weighted by Gasteiger charge is -2.25. The molecular formula is C27H28N4O4S. The van der Waals surface area contributed by atoms with Gasteiger partial charge in [0.15, 0.2) is 5.13 Å². The highest BCUT2D eigenvalue weighted by atomic mass is 32.1. The van der Waals surface area contributed by atoms with E-state index < -0.39 is 0 Å². The smallest absolute Gasteiger partial charge is 0.253 e. The van der Waals surface area contributed by atoms with Gasteiger partial charge >= 0.3 is 0 Å². The van der Waals surface area contributed by atoms with Gasteiger partial charge in [0, 0.05) is 41.1 Å². The van der Waals surface area contributed by atoms with Crippen LogP contribution in [-0.2, 0) is 23.1 Å². The molecule has 2 aromatic carbocycles. The molecule has 186 valence electrons. The minimum absolute atomic E-state index is 0.00181. The molecule has 1 atom stereocenters. The van der Waals surface area contributed by atoms with E-state index in [1.165, 1.54) is 11.3 Å². The molecule has 0 spiro atoms. The van der Waals surface area contributed by atoms with Crippen LogP contribution < -0.4 is 10.6 Å². The molecule has 0 saturated carbocycles. The number of thiazole rings is 1. The lowest BCUT2D eigenvalue weighted by molar-refractivity contribution is -0.115. The molecule has 2 aliphatic rings. The van der Waals surface area contributed by atoms with Gasteiger partial charge < -0.3 is 20.6 Å². The van der Waals surface area contributed by atoms with Crippen molar-refractivity contribution >= 4 is 34.2 Å². The number of anilines is 1. The zero-order chi connectivity index (χ0) is 25.4. The Bertz CT molecular complexity index is 1370. The van der Waals surface area contributed by atoms with Crippen LogP contribution in [-0.4, -0.2) is 59.5 Å². The predicted octanol–water partition coefficient (Wildman–Crippen LogP) is 3.00. The van der Waals surface area contributed by atoms with Crippen LogP contribution >= 0.6 is 11.3 Å². The summed E-state index contributed by atoms with van der Waals surface area (Å²) in [5.74, 6) is -0.724. The van der Waals surface area contributed by atoms with Crippen molar-refractivity contribution in [1.82, 2.24) is 15.2 Å². The number of hydrogen-bond donors (Lipinski definition) is 3. The topological polar surface area (TPSA) is 112 Å². The fourth-order valence-electron chi connectivity index (χ4n) is 4.85. The Hall–Kier alpha value is -3.56. The molecule has 1 aliphatic heterocycles. The number of carbonyl (C=O) groups excluding carboxylic acids is 3. The van der Waals surface area contributed by atoms with Crippen molar-refractivity contribution in [3.8, 4) is 11.3 Å². The maximum absolute atomic E-state index is 12.7. The molecule has 5 rings (SSSR count). The first-order valence-corrected chi connectivity index (χ1v) is 12.8. The van der Waals surface area contributed by atoms with Gasteiger partial charge in [-0.1, -0.05) is 25.1 Å². The second-order valence-electron chi connectivity index (χ2n) is 9.71. The van der Waals surface area contributed by atoms with Gasteiger partial charge in [-0.2, -0.15) is 0 Å². The molecule has 9 heteroatoms. The van der Waals surface area contributed by atoms with Crippen molar-refractivity contribution in [3.63, 3.8) is 0 Å². The van der Waals surface area contributed by atoms with Crippen molar-refractivity contribution in [2.75, 3.05) is 32.1 Å². The second kappa shape index (κ2) is 9.48. The third-order valence-electron chi connectivity index (χ3n) is 7.18. The quantitative estimate of drug-likeness (QED) is 0.478. The maximum Gasteiger partial charge on any atom is 0.253 e. The molecule has 2 heterocycles. The Balaban J connectivity index is 1.20. The van der Waals surface area contributed by atoms with Crippen molar-refractivity contribution in [1.29, 1.82) is 0 Å². The van der Waals surface area contributed by atoms with E-state index in [0.717, 1.165) is 41.5 Å². The van der Waals surface area contributed by atoms with Gasteiger partial charge in [0.25, 0.3) is 11.8 Å². The normalized spacial score (nSPS) is 18.5. The number of nitrogens with zero attached hydrogens (tertiary/aromatic N) is 2. The molecule has 0 bridgehead atoms. The number of amides is 3. The summed E-state index contributed by atoms with van der Waals surface area (Å²) in [5.41, 5.74) is 5.48. The minimum Gasteiger partial charge on any atom is -0.395 e. The number of aromatic nitrogens is 1. The number of likely N-dealkylation sites (N-methyl/N-ethyl adjacent to an activating group) is 1. The molecule has 0 fully saturated rings. The van der Waals surface area contributed by atoms with Gasteiger partial charge in [0.05, 0.1) is 18.8 Å². The van der Waals surface area contributed by atoms with Gasteiger partial charge in [-0.3, -0.25) is 14.4 Å². The van der Waals surface area contributed by atoms with Crippen molar-refractivity contribution in [2.24, 2.45) is 0 Å². The van der Waals surface area contributed by atoms with Crippen LogP contribution in [0.4, 0.5) is 5.13 Å². The highest BCUT2D eigenvalue weighted by Gasteiger charge is 2.34. The number of aryl methyl sites for hydroxylation is 1. The summed E-state index contributed by atoms with van der Waals surface area (Å²) >= 11 is 1.28. The number of rotatable bonds is 6. The molecule has 0 radical (unpaired) electrons. The van der Waals surface area contributed by atoms with Crippen LogP contribution in [0.3, 0.4) is 0 Å². The SMILES string of the molecule is CN1CCc2ccc(-c3csc(NC(=O)CNC(=O)c4ccc5c(c4)[C@@](C)(CO)CC5)n3)cc2C1=O. The fourth-order valence-corrected chi connectivity index (χ4v) is 5.58. The van der Waals surface area contributed by atoms with E-state index in [-0.39, 0.29) is 36.3 Å². The predicted molar refractivity (Wildman–Crippen MR) is 138 cm³/mol. The number of aliphatic hydroxyl groups excluding tert-OH is 1. The molecule has 1 aliphatic carbocycles. The van der Waals surface area contributed by atoms with Crippen LogP contribution in [0, 0.1) is 0 Å². The van der Waals surface area contributed by atoms with Crippen molar-refractivity contribution in [3.05, 3.63) is 69.6 Å². The molecule has 3 N–H and O–H groups in total. The van der Waals surface area contributed by atoms with Crippen LogP contribution in [0.5, 0.6) is 0 Å². The van der Waals surface area contributed by atoms with E-state index >= 15 is 0 Å². The first-order valence-electron chi connectivity index (χ1n) is 11.9. The number of carbonyl (C=O) groups is 3. The van der Waals surface area contributed by atoms with Crippen LogP contribution in [0.25, 0.3) is 11.3 Å². The second-order valence-corrected chi connectivity index (χ2v) is 10.6. The first-order chi connectivity index (χ1) is 17.3. The number of nitrogens with one attached hydrogen (secondary N) is 2. The van der Waals surface area contributed by atoms with E-state index in [1.54, 1.807) is 18.0 Å². The summed E-state index contributed by atoms with van der Waals surface area (Å²) in [5, 5.41) is 17.4. The number of hydrogen-bond acceptors (Lipinski definition) is 6. The van der Waals surface area contributed by atoms with Crippen LogP contribution in [0.2, 0.25) is 0 Å². The average Bonchev–Trinajstić information content (AvgIpc) is 3.49. The number of fused-ring (bicyclic) bond motifs is 2. The summed E-state index contributed by atoms with van der Waals surface area (Å²) in [6.07, 6.45) is 2.56. The Morgan fingerprint density at radius 3 is 2.78 bits per heavy atom. The van der Waals surface area contributed by atoms with E-state index in [0.29, 0.717) is 28.5 Å². The largest absolute Gasteiger partial charge is 0.395 e. The van der Waals surface area contributed by atoms with E-state index in [2.05, 4.69) is 15.6 Å². The van der Waals surface area contributed by atoms with Crippen molar-refractivity contribution < 1.29 is 19.5 Å². The van der Waals surface area contributed by atoms with Crippen molar-refractivity contribution in [2.45, 2.75) is 31.6 Å². The van der Waals surface area contributed by atoms with E-state index in [1.807, 2.05) is 42.6 Å². The van der Waals surface area contributed by atoms with Gasteiger partial charge in [-0.25, -0.2) is 4.98 Å². The van der Waals surface area contributed by atoms with Gasteiger partial charge in [0.2, 0.25) is 5.91 Å². The van der Waals surface area contributed by atoms with Crippen LogP contribution in [0.1, 0.15) is 50.8 Å². The van der Waals surface area contributed by atoms with E-state index in [4.69, 9.17) is 0 Å². The summed E-state index contributed by atoms with van der Waals surface area (Å²) in [7, 11) is 1.80. The lowest BCUT2D eigenvalue weighted by Crippen LogP contribution is -2.34. The molecule has 0 unspecified atom stereocenters.